The molecule has 1 aliphatic rings. The molecule has 0 radical (unpaired) electrons. The first-order valence-electron chi connectivity index (χ1n) is 9.73. The van der Waals surface area contributed by atoms with Crippen LogP contribution in [-0.4, -0.2) is 31.6 Å². The molecule has 1 saturated carbocycles. The fraction of sp³-hybridized carbons (Fsp3) is 0.286. The van der Waals surface area contributed by atoms with Crippen LogP contribution in [0.25, 0.3) is 5.82 Å². The number of amides is 2. The van der Waals surface area contributed by atoms with Gasteiger partial charge in [-0.3, -0.25) is 9.59 Å². The van der Waals surface area contributed by atoms with E-state index < -0.39 is 0 Å². The van der Waals surface area contributed by atoms with E-state index in [0.29, 0.717) is 22.8 Å². The molecule has 0 saturated heterocycles. The van der Waals surface area contributed by atoms with Crippen LogP contribution in [0.2, 0.25) is 0 Å². The smallest absolute Gasteiger partial charge is 0.255 e. The van der Waals surface area contributed by atoms with Crippen LogP contribution >= 0.6 is 0 Å². The Morgan fingerprint density at radius 3 is 2.69 bits per heavy atom. The second kappa shape index (κ2) is 8.64. The van der Waals surface area contributed by atoms with Gasteiger partial charge in [-0.25, -0.2) is 14.6 Å². The van der Waals surface area contributed by atoms with Crippen LogP contribution in [0.15, 0.2) is 55.2 Å². The molecule has 29 heavy (non-hydrogen) atoms. The van der Waals surface area contributed by atoms with Gasteiger partial charge < -0.3 is 10.6 Å². The van der Waals surface area contributed by atoms with Crippen LogP contribution in [0.5, 0.6) is 0 Å². The number of nitrogens with zero attached hydrogens (tertiary/aromatic N) is 4. The van der Waals surface area contributed by atoms with E-state index in [-0.39, 0.29) is 17.7 Å². The Morgan fingerprint density at radius 1 is 1.03 bits per heavy atom. The van der Waals surface area contributed by atoms with Gasteiger partial charge in [0.05, 0.1) is 5.69 Å². The molecule has 2 heterocycles. The summed E-state index contributed by atoms with van der Waals surface area (Å²) in [5.74, 6) is 0.262. The number of hydrogen-bond donors (Lipinski definition) is 2. The van der Waals surface area contributed by atoms with Gasteiger partial charge >= 0.3 is 0 Å². The molecule has 4 rings (SSSR count). The predicted molar refractivity (Wildman–Crippen MR) is 109 cm³/mol. The second-order valence-electron chi connectivity index (χ2n) is 7.07. The van der Waals surface area contributed by atoms with Crippen molar-refractivity contribution in [3.63, 3.8) is 0 Å². The fourth-order valence-electron chi connectivity index (χ4n) is 3.54. The highest BCUT2D eigenvalue weighted by Gasteiger charge is 2.21. The van der Waals surface area contributed by atoms with E-state index in [1.54, 1.807) is 42.6 Å². The maximum Gasteiger partial charge on any atom is 0.255 e. The van der Waals surface area contributed by atoms with Gasteiger partial charge in [0, 0.05) is 23.4 Å². The molecule has 1 aromatic carbocycles. The molecule has 8 heteroatoms. The highest BCUT2D eigenvalue weighted by molar-refractivity contribution is 6.06. The summed E-state index contributed by atoms with van der Waals surface area (Å²) in [6.45, 7) is 0. The zero-order valence-corrected chi connectivity index (χ0v) is 15.9. The lowest BCUT2D eigenvalue weighted by Gasteiger charge is -2.20. The first-order valence-corrected chi connectivity index (χ1v) is 9.73. The van der Waals surface area contributed by atoms with Crippen LogP contribution in [0, 0.1) is 5.92 Å². The largest absolute Gasteiger partial charge is 0.326 e. The van der Waals surface area contributed by atoms with Crippen molar-refractivity contribution in [3.8, 4) is 5.82 Å². The van der Waals surface area contributed by atoms with E-state index in [0.717, 1.165) is 25.7 Å². The third kappa shape index (κ3) is 4.48. The number of nitrogens with one attached hydrogen (secondary N) is 2. The third-order valence-electron chi connectivity index (χ3n) is 5.04. The van der Waals surface area contributed by atoms with Crippen molar-refractivity contribution in [1.82, 2.24) is 19.7 Å². The lowest BCUT2D eigenvalue weighted by atomic mass is 9.88. The SMILES string of the molecule is O=C(Nc1cccnc1-n1cncn1)c1cccc(NC(=O)C2CCCCC2)c1. The van der Waals surface area contributed by atoms with Gasteiger partial charge in [-0.1, -0.05) is 25.3 Å². The molecule has 2 N–H and O–H groups in total. The maximum atomic E-state index is 12.8. The van der Waals surface area contributed by atoms with Crippen LogP contribution in [0.1, 0.15) is 42.5 Å². The number of carbonyl (C=O) groups is 2. The number of pyridine rings is 1. The molecular formula is C21H22N6O2. The number of aromatic nitrogens is 4. The molecule has 8 nitrogen and oxygen atoms in total. The minimum atomic E-state index is -0.298. The average molecular weight is 390 g/mol. The monoisotopic (exact) mass is 390 g/mol. The Morgan fingerprint density at radius 2 is 1.90 bits per heavy atom. The van der Waals surface area contributed by atoms with E-state index in [1.165, 1.54) is 23.8 Å². The Kier molecular flexibility index (Phi) is 5.60. The van der Waals surface area contributed by atoms with Crippen molar-refractivity contribution >= 4 is 23.2 Å². The molecule has 2 amide bonds. The van der Waals surface area contributed by atoms with Gasteiger partial charge in [0.15, 0.2) is 5.82 Å². The normalized spacial score (nSPS) is 14.3. The summed E-state index contributed by atoms with van der Waals surface area (Å²) >= 11 is 0. The fourth-order valence-corrected chi connectivity index (χ4v) is 3.54. The Hall–Kier alpha value is -3.55. The van der Waals surface area contributed by atoms with Crippen molar-refractivity contribution in [2.75, 3.05) is 10.6 Å². The van der Waals surface area contributed by atoms with Gasteiger partial charge in [-0.15, -0.1) is 0 Å². The zero-order chi connectivity index (χ0) is 20.1. The molecule has 0 spiro atoms. The second-order valence-corrected chi connectivity index (χ2v) is 7.07. The van der Waals surface area contributed by atoms with Gasteiger partial charge in [-0.05, 0) is 43.2 Å². The minimum absolute atomic E-state index is 0.0305. The van der Waals surface area contributed by atoms with E-state index in [2.05, 4.69) is 25.7 Å². The average Bonchev–Trinajstić information content (AvgIpc) is 3.30. The van der Waals surface area contributed by atoms with Gasteiger partial charge in [-0.2, -0.15) is 5.10 Å². The molecule has 3 aromatic rings. The van der Waals surface area contributed by atoms with Gasteiger partial charge in [0.25, 0.3) is 5.91 Å². The molecule has 2 aromatic heterocycles. The lowest BCUT2D eigenvalue weighted by molar-refractivity contribution is -0.120. The van der Waals surface area contributed by atoms with E-state index in [4.69, 9.17) is 0 Å². The van der Waals surface area contributed by atoms with E-state index in [1.807, 2.05) is 0 Å². The summed E-state index contributed by atoms with van der Waals surface area (Å²) in [6.07, 6.45) is 9.78. The number of rotatable bonds is 5. The number of benzene rings is 1. The lowest BCUT2D eigenvalue weighted by Crippen LogP contribution is -2.24. The molecule has 0 aliphatic heterocycles. The summed E-state index contributed by atoms with van der Waals surface area (Å²) in [5, 5.41) is 9.87. The first-order chi connectivity index (χ1) is 14.2. The summed E-state index contributed by atoms with van der Waals surface area (Å²) in [4.78, 5) is 33.4. The molecule has 0 unspecified atom stereocenters. The highest BCUT2D eigenvalue weighted by atomic mass is 16.2. The van der Waals surface area contributed by atoms with E-state index in [9.17, 15) is 9.59 Å². The topological polar surface area (TPSA) is 102 Å². The van der Waals surface area contributed by atoms with Crippen molar-refractivity contribution in [3.05, 3.63) is 60.8 Å². The zero-order valence-electron chi connectivity index (χ0n) is 15.9. The molecule has 1 fully saturated rings. The first kappa shape index (κ1) is 18.8. The molecule has 148 valence electrons. The van der Waals surface area contributed by atoms with Gasteiger partial charge in [0.1, 0.15) is 12.7 Å². The minimum Gasteiger partial charge on any atom is -0.326 e. The Labute approximate surface area is 168 Å². The van der Waals surface area contributed by atoms with Crippen molar-refractivity contribution in [2.24, 2.45) is 5.92 Å². The number of carbonyl (C=O) groups excluding carboxylic acids is 2. The summed E-state index contributed by atoms with van der Waals surface area (Å²) < 4.78 is 1.48. The van der Waals surface area contributed by atoms with Crippen molar-refractivity contribution < 1.29 is 9.59 Å². The summed E-state index contributed by atoms with van der Waals surface area (Å²) in [6, 6.07) is 10.4. The molecule has 1 aliphatic carbocycles. The molecule has 0 bridgehead atoms. The van der Waals surface area contributed by atoms with Crippen LogP contribution < -0.4 is 10.6 Å². The van der Waals surface area contributed by atoms with Crippen LogP contribution in [0.4, 0.5) is 11.4 Å². The quantitative estimate of drug-likeness (QED) is 0.695. The number of anilines is 2. The highest BCUT2D eigenvalue weighted by Crippen LogP contribution is 2.25. The summed E-state index contributed by atoms with van der Waals surface area (Å²) in [7, 11) is 0. The standard InChI is InChI=1S/C21H22N6O2/c28-20(15-6-2-1-3-7-15)25-17-9-4-8-16(12-17)21(29)26-18-10-5-11-23-19(18)27-14-22-13-24-27/h4-5,8-15H,1-3,6-7H2,(H,25,28)(H,26,29). The van der Waals surface area contributed by atoms with Gasteiger partial charge in [0.2, 0.25) is 5.91 Å². The maximum absolute atomic E-state index is 12.8. The number of hydrogen-bond acceptors (Lipinski definition) is 5. The summed E-state index contributed by atoms with van der Waals surface area (Å²) in [5.41, 5.74) is 1.58. The van der Waals surface area contributed by atoms with Crippen molar-refractivity contribution in [1.29, 1.82) is 0 Å². The third-order valence-corrected chi connectivity index (χ3v) is 5.04. The van der Waals surface area contributed by atoms with Crippen molar-refractivity contribution in [2.45, 2.75) is 32.1 Å². The van der Waals surface area contributed by atoms with Crippen LogP contribution in [-0.2, 0) is 4.79 Å². The Balaban J connectivity index is 1.47. The van der Waals surface area contributed by atoms with Crippen LogP contribution in [0.3, 0.4) is 0 Å². The molecule has 0 atom stereocenters. The Bertz CT molecular complexity index is 996. The predicted octanol–water partition coefficient (Wildman–Crippen LogP) is 3.43. The van der Waals surface area contributed by atoms with E-state index >= 15 is 0 Å². The molecular weight excluding hydrogens is 368 g/mol.